The van der Waals surface area contributed by atoms with Crippen LogP contribution in [0.2, 0.25) is 0 Å². The Hall–Kier alpha value is 0.220. The molecule has 0 amide bonds. The van der Waals surface area contributed by atoms with E-state index < -0.39 is 0 Å². The molecular weight excluding hydrogens is 248 g/mol. The van der Waals surface area contributed by atoms with Crippen LogP contribution in [0, 0.1) is 5.41 Å². The summed E-state index contributed by atoms with van der Waals surface area (Å²) in [5.41, 5.74) is 0.309. The molecule has 0 bridgehead atoms. The molecule has 0 aromatic rings. The Bertz CT molecular complexity index is 153. The van der Waals surface area contributed by atoms with Gasteiger partial charge in [-0.3, -0.25) is 0 Å². The van der Waals surface area contributed by atoms with Gasteiger partial charge >= 0.3 is 0 Å². The van der Waals surface area contributed by atoms with Crippen molar-refractivity contribution in [2.75, 3.05) is 5.33 Å². The first-order valence-corrected chi connectivity index (χ1v) is 7.50. The van der Waals surface area contributed by atoms with E-state index in [1.54, 1.807) is 0 Å². The third kappa shape index (κ3) is 8.07. The summed E-state index contributed by atoms with van der Waals surface area (Å²) >= 11 is 3.56. The summed E-state index contributed by atoms with van der Waals surface area (Å²) in [7, 11) is 0. The van der Waals surface area contributed by atoms with Crippen molar-refractivity contribution in [2.45, 2.75) is 65.2 Å². The molecule has 0 nitrogen and oxygen atoms in total. The number of rotatable bonds is 10. The van der Waals surface area contributed by atoms with Crippen molar-refractivity contribution in [3.63, 3.8) is 0 Å². The molecule has 90 valence electrons. The van der Waals surface area contributed by atoms with Gasteiger partial charge in [-0.15, -0.1) is 6.58 Å². The molecule has 0 saturated carbocycles. The molecule has 0 aliphatic carbocycles. The largest absolute Gasteiger partial charge is 0.103 e. The van der Waals surface area contributed by atoms with Crippen LogP contribution in [0.1, 0.15) is 65.2 Å². The Morgan fingerprint density at radius 3 is 2.07 bits per heavy atom. The molecule has 0 aliphatic heterocycles. The van der Waals surface area contributed by atoms with E-state index in [0.717, 1.165) is 5.33 Å². The van der Waals surface area contributed by atoms with E-state index >= 15 is 0 Å². The van der Waals surface area contributed by atoms with E-state index in [-0.39, 0.29) is 0 Å². The monoisotopic (exact) mass is 274 g/mol. The Morgan fingerprint density at radius 1 is 1.07 bits per heavy atom. The second-order valence-corrected chi connectivity index (χ2v) is 5.42. The van der Waals surface area contributed by atoms with E-state index in [1.807, 2.05) is 0 Å². The van der Waals surface area contributed by atoms with E-state index in [0.29, 0.717) is 5.41 Å². The van der Waals surface area contributed by atoms with Crippen LogP contribution in [0.25, 0.3) is 0 Å². The van der Waals surface area contributed by atoms with Crippen LogP contribution >= 0.6 is 15.9 Å². The number of hydrogen-bond donors (Lipinski definition) is 0. The Balaban J connectivity index is 3.33. The SMILES string of the molecule is C=CC(C)(CBr)CCCCCCCCC. The van der Waals surface area contributed by atoms with Crippen LogP contribution in [0.15, 0.2) is 12.7 Å². The maximum Gasteiger partial charge on any atom is 0.0120 e. The quantitative estimate of drug-likeness (QED) is 0.272. The number of hydrogen-bond acceptors (Lipinski definition) is 0. The van der Waals surface area contributed by atoms with Crippen LogP contribution < -0.4 is 0 Å². The van der Waals surface area contributed by atoms with Gasteiger partial charge in [-0.05, 0) is 11.8 Å². The Morgan fingerprint density at radius 2 is 1.60 bits per heavy atom. The minimum Gasteiger partial charge on any atom is -0.103 e. The van der Waals surface area contributed by atoms with Gasteiger partial charge in [0.1, 0.15) is 0 Å². The van der Waals surface area contributed by atoms with Gasteiger partial charge in [0.05, 0.1) is 0 Å². The van der Waals surface area contributed by atoms with Gasteiger partial charge in [-0.1, -0.05) is 80.8 Å². The van der Waals surface area contributed by atoms with Crippen molar-refractivity contribution in [1.29, 1.82) is 0 Å². The summed E-state index contributed by atoms with van der Waals surface area (Å²) in [5, 5.41) is 1.04. The lowest BCUT2D eigenvalue weighted by atomic mass is 9.87. The topological polar surface area (TPSA) is 0 Å². The molecule has 0 radical (unpaired) electrons. The van der Waals surface area contributed by atoms with E-state index in [2.05, 4.69) is 42.4 Å². The van der Waals surface area contributed by atoms with Gasteiger partial charge < -0.3 is 0 Å². The standard InChI is InChI=1S/C14H27Br/c1-4-6-7-8-9-10-11-12-14(3,5-2)13-15/h5H,2,4,6-13H2,1,3H3. The van der Waals surface area contributed by atoms with Crippen molar-refractivity contribution in [3.05, 3.63) is 12.7 Å². The molecule has 0 heterocycles. The van der Waals surface area contributed by atoms with Crippen molar-refractivity contribution in [2.24, 2.45) is 5.41 Å². The highest BCUT2D eigenvalue weighted by Gasteiger charge is 2.17. The van der Waals surface area contributed by atoms with Crippen molar-refractivity contribution in [1.82, 2.24) is 0 Å². The van der Waals surface area contributed by atoms with Gasteiger partial charge in [0.25, 0.3) is 0 Å². The maximum atomic E-state index is 3.91. The third-order valence-electron chi connectivity index (χ3n) is 3.15. The van der Waals surface area contributed by atoms with Crippen molar-refractivity contribution in [3.8, 4) is 0 Å². The lowest BCUT2D eigenvalue weighted by Crippen LogP contribution is -2.14. The molecule has 0 saturated heterocycles. The molecule has 0 fully saturated rings. The predicted octanol–water partition coefficient (Wildman–Crippen LogP) is 5.71. The Labute approximate surface area is 105 Å². The molecule has 0 spiro atoms. The van der Waals surface area contributed by atoms with E-state index in [1.165, 1.54) is 51.4 Å². The highest BCUT2D eigenvalue weighted by Crippen LogP contribution is 2.28. The number of halogens is 1. The van der Waals surface area contributed by atoms with Gasteiger partial charge in [-0.25, -0.2) is 0 Å². The normalized spacial score (nSPS) is 14.9. The average molecular weight is 275 g/mol. The summed E-state index contributed by atoms with van der Waals surface area (Å²) in [6.07, 6.45) is 13.1. The van der Waals surface area contributed by atoms with E-state index in [4.69, 9.17) is 0 Å². The van der Waals surface area contributed by atoms with Gasteiger partial charge in [0, 0.05) is 5.33 Å². The zero-order chi connectivity index (χ0) is 11.6. The fraction of sp³-hybridized carbons (Fsp3) is 0.857. The smallest absolute Gasteiger partial charge is 0.0120 e. The molecular formula is C14H27Br. The number of unbranched alkanes of at least 4 members (excludes halogenated alkanes) is 6. The lowest BCUT2D eigenvalue weighted by Gasteiger charge is -2.22. The average Bonchev–Trinajstić information content (AvgIpc) is 2.27. The van der Waals surface area contributed by atoms with Gasteiger partial charge in [0.15, 0.2) is 0 Å². The molecule has 1 atom stereocenters. The van der Waals surface area contributed by atoms with E-state index in [9.17, 15) is 0 Å². The summed E-state index contributed by atoms with van der Waals surface area (Å²) in [4.78, 5) is 0. The zero-order valence-electron chi connectivity index (χ0n) is 10.5. The molecule has 0 rings (SSSR count). The minimum atomic E-state index is 0.309. The van der Waals surface area contributed by atoms with Gasteiger partial charge in [-0.2, -0.15) is 0 Å². The second-order valence-electron chi connectivity index (χ2n) is 4.86. The fourth-order valence-corrected chi connectivity index (χ4v) is 2.22. The molecule has 1 unspecified atom stereocenters. The molecule has 15 heavy (non-hydrogen) atoms. The molecule has 1 heteroatoms. The summed E-state index contributed by atoms with van der Waals surface area (Å²) in [6, 6.07) is 0. The van der Waals surface area contributed by atoms with Crippen LogP contribution in [0.3, 0.4) is 0 Å². The summed E-state index contributed by atoms with van der Waals surface area (Å²) in [6.45, 7) is 8.47. The third-order valence-corrected chi connectivity index (χ3v) is 4.43. The first kappa shape index (κ1) is 15.2. The highest BCUT2D eigenvalue weighted by molar-refractivity contribution is 9.09. The van der Waals surface area contributed by atoms with Gasteiger partial charge in [0.2, 0.25) is 0 Å². The van der Waals surface area contributed by atoms with Crippen molar-refractivity contribution < 1.29 is 0 Å². The van der Waals surface area contributed by atoms with Crippen LogP contribution in [0.5, 0.6) is 0 Å². The van der Waals surface area contributed by atoms with Crippen LogP contribution in [-0.2, 0) is 0 Å². The molecule has 0 N–H and O–H groups in total. The van der Waals surface area contributed by atoms with Crippen molar-refractivity contribution >= 4 is 15.9 Å². The minimum absolute atomic E-state index is 0.309. The summed E-state index contributed by atoms with van der Waals surface area (Å²) in [5.74, 6) is 0. The lowest BCUT2D eigenvalue weighted by molar-refractivity contribution is 0.418. The zero-order valence-corrected chi connectivity index (χ0v) is 12.1. The number of alkyl halides is 1. The molecule has 0 aromatic carbocycles. The predicted molar refractivity (Wildman–Crippen MR) is 74.7 cm³/mol. The first-order chi connectivity index (χ1) is 7.18. The fourth-order valence-electron chi connectivity index (χ4n) is 1.71. The maximum absolute atomic E-state index is 3.91. The number of allylic oxidation sites excluding steroid dienone is 1. The van der Waals surface area contributed by atoms with Crippen LogP contribution in [-0.4, -0.2) is 5.33 Å². The summed E-state index contributed by atoms with van der Waals surface area (Å²) < 4.78 is 0. The molecule has 0 aromatic heterocycles. The second kappa shape index (κ2) is 9.45. The first-order valence-electron chi connectivity index (χ1n) is 6.38. The van der Waals surface area contributed by atoms with Crippen LogP contribution in [0.4, 0.5) is 0 Å². The Kier molecular flexibility index (Phi) is 9.58. The molecule has 0 aliphatic rings. The highest BCUT2D eigenvalue weighted by atomic mass is 79.9.